The molecule has 0 aliphatic heterocycles. The van der Waals surface area contributed by atoms with Gasteiger partial charge in [-0.15, -0.1) is 0 Å². The molecule has 16 heavy (non-hydrogen) atoms. The standard InChI is InChI=1S/C11H20IN3O/c1-11(2,3)13-6-10(8-16-4)15-7-9(12)5-14-15/h5,7,10,13H,6,8H2,1-4H3. The van der Waals surface area contributed by atoms with Crippen LogP contribution in [-0.4, -0.2) is 35.6 Å². The van der Waals surface area contributed by atoms with E-state index in [1.54, 1.807) is 7.11 Å². The lowest BCUT2D eigenvalue weighted by atomic mass is 10.1. The Morgan fingerprint density at radius 2 is 2.25 bits per heavy atom. The zero-order valence-corrected chi connectivity index (χ0v) is 12.5. The van der Waals surface area contributed by atoms with Crippen LogP contribution in [0, 0.1) is 3.57 Å². The molecule has 0 fully saturated rings. The molecule has 1 rings (SSSR count). The number of aromatic nitrogens is 2. The number of hydrogen-bond acceptors (Lipinski definition) is 3. The second kappa shape index (κ2) is 5.97. The second-order valence-corrected chi connectivity index (χ2v) is 6.12. The minimum absolute atomic E-state index is 0.117. The van der Waals surface area contributed by atoms with Crippen LogP contribution in [0.3, 0.4) is 0 Å². The number of rotatable bonds is 5. The summed E-state index contributed by atoms with van der Waals surface area (Å²) < 4.78 is 8.34. The summed E-state index contributed by atoms with van der Waals surface area (Å²) in [6, 6.07) is 0.243. The predicted octanol–water partition coefficient (Wildman–Crippen LogP) is 2.06. The molecule has 92 valence electrons. The van der Waals surface area contributed by atoms with Gasteiger partial charge in [0.15, 0.2) is 0 Å². The maximum Gasteiger partial charge on any atom is 0.0877 e. The fourth-order valence-corrected chi connectivity index (χ4v) is 1.77. The maximum absolute atomic E-state index is 5.23. The molecule has 1 N–H and O–H groups in total. The van der Waals surface area contributed by atoms with Gasteiger partial charge in [-0.3, -0.25) is 4.68 Å². The van der Waals surface area contributed by atoms with E-state index in [0.29, 0.717) is 6.61 Å². The van der Waals surface area contributed by atoms with Gasteiger partial charge < -0.3 is 10.1 Å². The van der Waals surface area contributed by atoms with Gasteiger partial charge in [-0.1, -0.05) is 0 Å². The Balaban J connectivity index is 2.61. The van der Waals surface area contributed by atoms with Crippen LogP contribution in [-0.2, 0) is 4.74 Å². The van der Waals surface area contributed by atoms with E-state index in [1.807, 2.05) is 17.1 Å². The molecule has 0 aliphatic rings. The van der Waals surface area contributed by atoms with Gasteiger partial charge in [-0.05, 0) is 43.4 Å². The number of nitrogens with one attached hydrogen (secondary N) is 1. The summed E-state index contributed by atoms with van der Waals surface area (Å²) in [4.78, 5) is 0. The molecule has 5 heteroatoms. The molecular weight excluding hydrogens is 317 g/mol. The zero-order valence-electron chi connectivity index (χ0n) is 10.3. The first-order chi connectivity index (χ1) is 7.42. The summed E-state index contributed by atoms with van der Waals surface area (Å²) in [7, 11) is 1.72. The minimum atomic E-state index is 0.117. The Hall–Kier alpha value is -0.140. The van der Waals surface area contributed by atoms with Crippen molar-refractivity contribution in [1.82, 2.24) is 15.1 Å². The highest BCUT2D eigenvalue weighted by Gasteiger charge is 2.16. The van der Waals surface area contributed by atoms with Crippen LogP contribution in [0.25, 0.3) is 0 Å². The quantitative estimate of drug-likeness (QED) is 0.836. The molecule has 0 saturated heterocycles. The molecule has 1 aromatic rings. The van der Waals surface area contributed by atoms with Crippen molar-refractivity contribution in [2.24, 2.45) is 0 Å². The fraction of sp³-hybridized carbons (Fsp3) is 0.727. The summed E-state index contributed by atoms with van der Waals surface area (Å²) in [5.41, 5.74) is 0.117. The molecule has 1 unspecified atom stereocenters. The number of nitrogens with zero attached hydrogens (tertiary/aromatic N) is 2. The van der Waals surface area contributed by atoms with Crippen molar-refractivity contribution >= 4 is 22.6 Å². The third-order valence-corrected chi connectivity index (χ3v) is 2.73. The monoisotopic (exact) mass is 337 g/mol. The second-order valence-electron chi connectivity index (χ2n) is 4.88. The van der Waals surface area contributed by atoms with Gasteiger partial charge >= 0.3 is 0 Å². The topological polar surface area (TPSA) is 39.1 Å². The van der Waals surface area contributed by atoms with Gasteiger partial charge in [0, 0.05) is 25.4 Å². The van der Waals surface area contributed by atoms with Crippen LogP contribution in [0.1, 0.15) is 26.8 Å². The van der Waals surface area contributed by atoms with E-state index >= 15 is 0 Å². The van der Waals surface area contributed by atoms with Crippen LogP contribution in [0.2, 0.25) is 0 Å². The van der Waals surface area contributed by atoms with Crippen molar-refractivity contribution in [2.45, 2.75) is 32.4 Å². The Morgan fingerprint density at radius 3 is 2.69 bits per heavy atom. The van der Waals surface area contributed by atoms with Crippen molar-refractivity contribution in [3.8, 4) is 0 Å². The molecule has 4 nitrogen and oxygen atoms in total. The van der Waals surface area contributed by atoms with Crippen molar-refractivity contribution in [3.05, 3.63) is 16.0 Å². The minimum Gasteiger partial charge on any atom is -0.382 e. The summed E-state index contributed by atoms with van der Waals surface area (Å²) in [6.45, 7) is 7.99. The average molecular weight is 337 g/mol. The number of ether oxygens (including phenoxy) is 1. The highest BCUT2D eigenvalue weighted by atomic mass is 127. The summed E-state index contributed by atoms with van der Waals surface area (Å²) >= 11 is 2.26. The molecule has 0 amide bonds. The molecule has 0 aliphatic carbocycles. The molecule has 0 spiro atoms. The van der Waals surface area contributed by atoms with Crippen LogP contribution < -0.4 is 5.32 Å². The number of halogens is 1. The van der Waals surface area contributed by atoms with E-state index in [4.69, 9.17) is 4.74 Å². The van der Waals surface area contributed by atoms with E-state index in [-0.39, 0.29) is 11.6 Å². The first-order valence-corrected chi connectivity index (χ1v) is 6.44. The first-order valence-electron chi connectivity index (χ1n) is 5.36. The van der Waals surface area contributed by atoms with Crippen molar-refractivity contribution in [3.63, 3.8) is 0 Å². The van der Waals surface area contributed by atoms with Crippen LogP contribution in [0.4, 0.5) is 0 Å². The lowest BCUT2D eigenvalue weighted by Crippen LogP contribution is -2.40. The molecule has 0 saturated carbocycles. The van der Waals surface area contributed by atoms with Crippen LogP contribution in [0.15, 0.2) is 12.4 Å². The van der Waals surface area contributed by atoms with Crippen molar-refractivity contribution < 1.29 is 4.74 Å². The normalized spacial score (nSPS) is 14.1. The Morgan fingerprint density at radius 1 is 1.56 bits per heavy atom. The first kappa shape index (κ1) is 13.9. The Kier molecular flexibility index (Phi) is 5.20. The molecule has 1 atom stereocenters. The Labute approximate surface area is 111 Å². The molecule has 1 aromatic heterocycles. The van der Waals surface area contributed by atoms with E-state index < -0.39 is 0 Å². The fourth-order valence-electron chi connectivity index (χ4n) is 1.36. The van der Waals surface area contributed by atoms with E-state index in [0.717, 1.165) is 10.1 Å². The van der Waals surface area contributed by atoms with Crippen molar-refractivity contribution in [1.29, 1.82) is 0 Å². The van der Waals surface area contributed by atoms with Gasteiger partial charge in [0.25, 0.3) is 0 Å². The van der Waals surface area contributed by atoms with Crippen LogP contribution in [0.5, 0.6) is 0 Å². The van der Waals surface area contributed by atoms with Gasteiger partial charge in [0.2, 0.25) is 0 Å². The van der Waals surface area contributed by atoms with E-state index in [2.05, 4.69) is 53.8 Å². The highest BCUT2D eigenvalue weighted by Crippen LogP contribution is 2.10. The molecule has 1 heterocycles. The molecule has 0 radical (unpaired) electrons. The predicted molar refractivity (Wildman–Crippen MR) is 73.6 cm³/mol. The summed E-state index contributed by atoms with van der Waals surface area (Å²) in [5, 5.41) is 7.80. The number of hydrogen-bond donors (Lipinski definition) is 1. The van der Waals surface area contributed by atoms with Gasteiger partial charge in [-0.2, -0.15) is 5.10 Å². The summed E-state index contributed by atoms with van der Waals surface area (Å²) in [5.74, 6) is 0. The largest absolute Gasteiger partial charge is 0.382 e. The maximum atomic E-state index is 5.23. The van der Waals surface area contributed by atoms with E-state index in [9.17, 15) is 0 Å². The van der Waals surface area contributed by atoms with Crippen LogP contribution >= 0.6 is 22.6 Å². The average Bonchev–Trinajstić information content (AvgIpc) is 2.57. The third kappa shape index (κ3) is 4.80. The number of methoxy groups -OCH3 is 1. The molecular formula is C11H20IN3O. The van der Waals surface area contributed by atoms with Crippen molar-refractivity contribution in [2.75, 3.05) is 20.3 Å². The lowest BCUT2D eigenvalue weighted by Gasteiger charge is -2.25. The molecule has 0 bridgehead atoms. The smallest absolute Gasteiger partial charge is 0.0877 e. The third-order valence-electron chi connectivity index (χ3n) is 2.17. The SMILES string of the molecule is COCC(CNC(C)(C)C)n1cc(I)cn1. The Bertz CT molecular complexity index is 319. The van der Waals surface area contributed by atoms with E-state index in [1.165, 1.54) is 0 Å². The molecule has 0 aromatic carbocycles. The van der Waals surface area contributed by atoms with Gasteiger partial charge in [-0.25, -0.2) is 0 Å². The highest BCUT2D eigenvalue weighted by molar-refractivity contribution is 14.1. The zero-order chi connectivity index (χ0) is 12.2. The van der Waals surface area contributed by atoms with Gasteiger partial charge in [0.05, 0.1) is 22.4 Å². The van der Waals surface area contributed by atoms with Gasteiger partial charge in [0.1, 0.15) is 0 Å². The summed E-state index contributed by atoms with van der Waals surface area (Å²) in [6.07, 6.45) is 3.90. The lowest BCUT2D eigenvalue weighted by molar-refractivity contribution is 0.144.